The Balaban J connectivity index is 2.29. The monoisotopic (exact) mass is 247 g/mol. The van der Waals surface area contributed by atoms with Gasteiger partial charge in [0, 0.05) is 6.04 Å². The third kappa shape index (κ3) is 1.64. The molecule has 3 N–H and O–H groups in total. The molecule has 0 heterocycles. The number of fused-ring (bicyclic) bond motifs is 3. The van der Waals surface area contributed by atoms with E-state index >= 15 is 0 Å². The van der Waals surface area contributed by atoms with E-state index in [2.05, 4.69) is 18.2 Å². The van der Waals surface area contributed by atoms with Crippen molar-refractivity contribution in [3.05, 3.63) is 47.5 Å². The van der Waals surface area contributed by atoms with Gasteiger partial charge >= 0.3 is 0 Å². The van der Waals surface area contributed by atoms with Crippen molar-refractivity contribution in [3.8, 4) is 0 Å². The van der Waals surface area contributed by atoms with Crippen molar-refractivity contribution in [1.29, 1.82) is 0 Å². The average molecular weight is 248 g/mol. The van der Waals surface area contributed by atoms with Crippen LogP contribution >= 0.6 is 11.6 Å². The minimum absolute atomic E-state index is 0.272. The third-order valence-electron chi connectivity index (χ3n) is 3.53. The molecule has 3 heteroatoms. The molecule has 0 saturated heterocycles. The number of aliphatic hydroxyl groups is 1. The summed E-state index contributed by atoms with van der Waals surface area (Å²) in [6.45, 7) is 0. The minimum Gasteiger partial charge on any atom is -0.390 e. The molecule has 3 atom stereocenters. The van der Waals surface area contributed by atoms with Crippen molar-refractivity contribution < 1.29 is 5.11 Å². The number of rotatable bonds is 0. The summed E-state index contributed by atoms with van der Waals surface area (Å²) in [5.41, 5.74) is 8.09. The van der Waals surface area contributed by atoms with E-state index in [1.54, 1.807) is 0 Å². The number of hydrogen-bond donors (Lipinski definition) is 2. The summed E-state index contributed by atoms with van der Waals surface area (Å²) in [6, 6.07) is 12.0. The van der Waals surface area contributed by atoms with Crippen LogP contribution in [0.25, 0.3) is 10.8 Å². The van der Waals surface area contributed by atoms with E-state index in [-0.39, 0.29) is 6.04 Å². The van der Waals surface area contributed by atoms with Crippen LogP contribution in [0.3, 0.4) is 0 Å². The Hall–Kier alpha value is -1.09. The highest BCUT2D eigenvalue weighted by Crippen LogP contribution is 2.38. The van der Waals surface area contributed by atoms with E-state index in [4.69, 9.17) is 17.3 Å². The zero-order valence-corrected chi connectivity index (χ0v) is 10.1. The van der Waals surface area contributed by atoms with Crippen molar-refractivity contribution in [2.45, 2.75) is 23.9 Å². The second kappa shape index (κ2) is 3.98. The molecule has 0 fully saturated rings. The number of nitrogens with two attached hydrogens (primary N) is 1. The van der Waals surface area contributed by atoms with Crippen molar-refractivity contribution in [3.63, 3.8) is 0 Å². The van der Waals surface area contributed by atoms with Crippen LogP contribution in [0.4, 0.5) is 0 Å². The molecular weight excluding hydrogens is 234 g/mol. The summed E-state index contributed by atoms with van der Waals surface area (Å²) in [5, 5.41) is 11.9. The zero-order valence-electron chi connectivity index (χ0n) is 9.31. The van der Waals surface area contributed by atoms with Gasteiger partial charge < -0.3 is 10.8 Å². The predicted octanol–water partition coefficient (Wildman–Crippen LogP) is 2.36. The smallest absolute Gasteiger partial charge is 0.0899 e. The standard InChI is InChI=1S/C14H14ClNO/c15-13-12-9(7-11(16)14(13)17)6-5-8-3-1-2-4-10(8)12/h1-6,11,13-14,17H,7,16H2/t11-,13-,14-/m1/s1. The first kappa shape index (κ1) is 11.0. The van der Waals surface area contributed by atoms with Crippen LogP contribution in [0.2, 0.25) is 0 Å². The lowest BCUT2D eigenvalue weighted by atomic mass is 9.83. The molecule has 2 aromatic rings. The molecule has 0 spiro atoms. The number of hydrogen-bond acceptors (Lipinski definition) is 2. The largest absolute Gasteiger partial charge is 0.390 e. The molecule has 0 radical (unpaired) electrons. The topological polar surface area (TPSA) is 46.2 Å². The van der Waals surface area contributed by atoms with Gasteiger partial charge in [-0.3, -0.25) is 0 Å². The molecule has 1 aliphatic carbocycles. The number of aliphatic hydroxyl groups excluding tert-OH is 1. The Morgan fingerprint density at radius 2 is 1.94 bits per heavy atom. The van der Waals surface area contributed by atoms with Crippen LogP contribution < -0.4 is 5.73 Å². The van der Waals surface area contributed by atoms with Gasteiger partial charge in [0.15, 0.2) is 0 Å². The highest BCUT2D eigenvalue weighted by Gasteiger charge is 2.33. The first-order valence-corrected chi connectivity index (χ1v) is 6.20. The van der Waals surface area contributed by atoms with Gasteiger partial charge in [0.25, 0.3) is 0 Å². The summed E-state index contributed by atoms with van der Waals surface area (Å²) in [7, 11) is 0. The fourth-order valence-electron chi connectivity index (χ4n) is 2.61. The molecule has 2 nitrogen and oxygen atoms in total. The second-order valence-corrected chi connectivity index (χ2v) is 5.09. The molecule has 2 aromatic carbocycles. The van der Waals surface area contributed by atoms with E-state index in [1.165, 1.54) is 0 Å². The van der Waals surface area contributed by atoms with Crippen LogP contribution in [0.15, 0.2) is 36.4 Å². The lowest BCUT2D eigenvalue weighted by Gasteiger charge is -2.32. The van der Waals surface area contributed by atoms with Gasteiger partial charge in [-0.05, 0) is 28.3 Å². The zero-order chi connectivity index (χ0) is 12.0. The Labute approximate surface area is 105 Å². The summed E-state index contributed by atoms with van der Waals surface area (Å²) in [6.07, 6.45) is 0.0138. The van der Waals surface area contributed by atoms with Crippen molar-refractivity contribution in [1.82, 2.24) is 0 Å². The fraction of sp³-hybridized carbons (Fsp3) is 0.286. The van der Waals surface area contributed by atoms with Gasteiger partial charge in [0.2, 0.25) is 0 Å². The quantitative estimate of drug-likeness (QED) is 0.702. The molecule has 0 aliphatic heterocycles. The van der Waals surface area contributed by atoms with Crippen LogP contribution in [-0.2, 0) is 6.42 Å². The lowest BCUT2D eigenvalue weighted by molar-refractivity contribution is 0.132. The fourth-order valence-corrected chi connectivity index (χ4v) is 3.05. The predicted molar refractivity (Wildman–Crippen MR) is 70.2 cm³/mol. The molecule has 3 rings (SSSR count). The molecule has 88 valence electrons. The summed E-state index contributed by atoms with van der Waals surface area (Å²) < 4.78 is 0. The number of benzene rings is 2. The second-order valence-electron chi connectivity index (χ2n) is 4.62. The molecule has 0 saturated carbocycles. The molecule has 0 bridgehead atoms. The molecule has 1 aliphatic rings. The lowest BCUT2D eigenvalue weighted by Crippen LogP contribution is -2.42. The van der Waals surface area contributed by atoms with Gasteiger partial charge in [0.05, 0.1) is 11.5 Å². The molecular formula is C14H14ClNO. The summed E-state index contributed by atoms with van der Waals surface area (Å²) in [5.74, 6) is 0. The molecule has 0 amide bonds. The van der Waals surface area contributed by atoms with Gasteiger partial charge in [-0.15, -0.1) is 11.6 Å². The Morgan fingerprint density at radius 3 is 2.76 bits per heavy atom. The normalized spacial score (nSPS) is 28.1. The van der Waals surface area contributed by atoms with Gasteiger partial charge in [0.1, 0.15) is 0 Å². The molecule has 0 unspecified atom stereocenters. The maximum Gasteiger partial charge on any atom is 0.0899 e. The first-order chi connectivity index (χ1) is 8.18. The SMILES string of the molecule is N[C@@H]1Cc2ccc3ccccc3c2[C@@H](Cl)[C@@H]1O. The van der Waals surface area contributed by atoms with Crippen molar-refractivity contribution in [2.75, 3.05) is 0 Å². The molecule has 17 heavy (non-hydrogen) atoms. The maximum absolute atomic E-state index is 10.00. The third-order valence-corrected chi connectivity index (χ3v) is 4.01. The van der Waals surface area contributed by atoms with E-state index < -0.39 is 11.5 Å². The Kier molecular flexibility index (Phi) is 2.58. The van der Waals surface area contributed by atoms with Gasteiger partial charge in [-0.2, -0.15) is 0 Å². The highest BCUT2D eigenvalue weighted by molar-refractivity contribution is 6.22. The van der Waals surface area contributed by atoms with E-state index in [0.717, 1.165) is 21.9 Å². The van der Waals surface area contributed by atoms with E-state index in [0.29, 0.717) is 6.42 Å². The molecule has 0 aromatic heterocycles. The number of halogens is 1. The van der Waals surface area contributed by atoms with E-state index in [1.807, 2.05) is 18.2 Å². The summed E-state index contributed by atoms with van der Waals surface area (Å²) >= 11 is 6.34. The van der Waals surface area contributed by atoms with Crippen molar-refractivity contribution in [2.24, 2.45) is 5.73 Å². The number of alkyl halides is 1. The Morgan fingerprint density at radius 1 is 1.18 bits per heavy atom. The first-order valence-electron chi connectivity index (χ1n) is 5.76. The van der Waals surface area contributed by atoms with Crippen LogP contribution in [-0.4, -0.2) is 17.3 Å². The van der Waals surface area contributed by atoms with Crippen LogP contribution in [0.1, 0.15) is 16.5 Å². The van der Waals surface area contributed by atoms with Gasteiger partial charge in [-0.1, -0.05) is 36.4 Å². The summed E-state index contributed by atoms with van der Waals surface area (Å²) in [4.78, 5) is 0. The van der Waals surface area contributed by atoms with E-state index in [9.17, 15) is 5.11 Å². The Bertz CT molecular complexity index is 569. The highest BCUT2D eigenvalue weighted by atomic mass is 35.5. The van der Waals surface area contributed by atoms with Crippen molar-refractivity contribution >= 4 is 22.4 Å². The van der Waals surface area contributed by atoms with Crippen LogP contribution in [0.5, 0.6) is 0 Å². The maximum atomic E-state index is 10.00. The average Bonchev–Trinajstić information content (AvgIpc) is 2.35. The minimum atomic E-state index is -0.671. The van der Waals surface area contributed by atoms with Crippen LogP contribution in [0, 0.1) is 0 Å². The van der Waals surface area contributed by atoms with Gasteiger partial charge in [-0.25, -0.2) is 0 Å².